The van der Waals surface area contributed by atoms with Gasteiger partial charge in [-0.1, -0.05) is 30.3 Å². The van der Waals surface area contributed by atoms with Crippen LogP contribution >= 0.6 is 0 Å². The number of nitrogens with zero attached hydrogens (tertiary/aromatic N) is 2. The SMILES string of the molecule is O=C(NC[C@H]1OCCc2cn(Cc3ccccc3)nc21)c1ccc(F)cc1. The molecule has 0 saturated heterocycles. The van der Waals surface area contributed by atoms with Crippen molar-refractivity contribution >= 4 is 5.91 Å². The molecule has 1 aliphatic rings. The molecule has 0 bridgehead atoms. The Bertz CT molecular complexity index is 922. The maximum Gasteiger partial charge on any atom is 0.251 e. The number of fused-ring (bicyclic) bond motifs is 1. The van der Waals surface area contributed by atoms with Crippen LogP contribution in [0, 0.1) is 5.82 Å². The summed E-state index contributed by atoms with van der Waals surface area (Å²) in [5, 5.41) is 7.53. The fourth-order valence-corrected chi connectivity index (χ4v) is 3.23. The predicted molar refractivity (Wildman–Crippen MR) is 98.9 cm³/mol. The Kier molecular flexibility index (Phi) is 4.98. The third kappa shape index (κ3) is 4.06. The van der Waals surface area contributed by atoms with Gasteiger partial charge in [0.05, 0.1) is 18.8 Å². The monoisotopic (exact) mass is 365 g/mol. The van der Waals surface area contributed by atoms with E-state index in [4.69, 9.17) is 4.74 Å². The summed E-state index contributed by atoms with van der Waals surface area (Å²) in [7, 11) is 0. The van der Waals surface area contributed by atoms with E-state index in [2.05, 4.69) is 28.7 Å². The van der Waals surface area contributed by atoms with Gasteiger partial charge in [-0.2, -0.15) is 5.10 Å². The lowest BCUT2D eigenvalue weighted by Crippen LogP contribution is -2.31. The van der Waals surface area contributed by atoms with Crippen LogP contribution in [0.1, 0.15) is 33.3 Å². The molecular weight excluding hydrogens is 345 g/mol. The topological polar surface area (TPSA) is 56.1 Å². The van der Waals surface area contributed by atoms with Crippen LogP contribution in [0.15, 0.2) is 60.8 Å². The lowest BCUT2D eigenvalue weighted by Gasteiger charge is -2.22. The fourth-order valence-electron chi connectivity index (χ4n) is 3.23. The summed E-state index contributed by atoms with van der Waals surface area (Å²) >= 11 is 0. The highest BCUT2D eigenvalue weighted by molar-refractivity contribution is 5.94. The minimum absolute atomic E-state index is 0.255. The average molecular weight is 365 g/mol. The Morgan fingerprint density at radius 2 is 1.96 bits per heavy atom. The molecule has 5 nitrogen and oxygen atoms in total. The second-order valence-electron chi connectivity index (χ2n) is 6.55. The first-order chi connectivity index (χ1) is 13.2. The van der Waals surface area contributed by atoms with Crippen molar-refractivity contribution in [2.45, 2.75) is 19.1 Å². The van der Waals surface area contributed by atoms with E-state index in [1.54, 1.807) is 0 Å². The Morgan fingerprint density at radius 1 is 1.19 bits per heavy atom. The molecule has 1 atom stereocenters. The van der Waals surface area contributed by atoms with E-state index >= 15 is 0 Å². The van der Waals surface area contributed by atoms with Gasteiger partial charge in [0, 0.05) is 18.3 Å². The van der Waals surface area contributed by atoms with Crippen molar-refractivity contribution in [2.75, 3.05) is 13.2 Å². The maximum absolute atomic E-state index is 13.0. The molecule has 0 radical (unpaired) electrons. The lowest BCUT2D eigenvalue weighted by atomic mass is 10.1. The molecule has 0 aliphatic carbocycles. The van der Waals surface area contributed by atoms with Gasteiger partial charge in [-0.15, -0.1) is 0 Å². The van der Waals surface area contributed by atoms with E-state index in [9.17, 15) is 9.18 Å². The molecule has 1 aromatic heterocycles. The van der Waals surface area contributed by atoms with Gasteiger partial charge < -0.3 is 10.1 Å². The van der Waals surface area contributed by atoms with Crippen LogP contribution in [0.3, 0.4) is 0 Å². The summed E-state index contributed by atoms with van der Waals surface area (Å²) in [4.78, 5) is 12.2. The number of nitrogens with one attached hydrogen (secondary N) is 1. The highest BCUT2D eigenvalue weighted by atomic mass is 19.1. The van der Waals surface area contributed by atoms with Crippen molar-refractivity contribution in [1.82, 2.24) is 15.1 Å². The highest BCUT2D eigenvalue weighted by Crippen LogP contribution is 2.25. The van der Waals surface area contributed by atoms with Gasteiger partial charge in [-0.3, -0.25) is 9.48 Å². The largest absolute Gasteiger partial charge is 0.370 e. The number of carbonyl (C=O) groups is 1. The van der Waals surface area contributed by atoms with E-state index < -0.39 is 0 Å². The Hall–Kier alpha value is -2.99. The van der Waals surface area contributed by atoms with Gasteiger partial charge in [-0.05, 0) is 41.8 Å². The molecular formula is C21H20FN3O2. The first-order valence-electron chi connectivity index (χ1n) is 8.94. The average Bonchev–Trinajstić information content (AvgIpc) is 3.10. The van der Waals surface area contributed by atoms with Crippen molar-refractivity contribution in [3.63, 3.8) is 0 Å². The highest BCUT2D eigenvalue weighted by Gasteiger charge is 2.25. The van der Waals surface area contributed by atoms with Gasteiger partial charge in [0.25, 0.3) is 5.91 Å². The number of amides is 1. The van der Waals surface area contributed by atoms with Gasteiger partial charge in [-0.25, -0.2) is 4.39 Å². The Labute approximate surface area is 156 Å². The number of halogens is 1. The standard InChI is InChI=1S/C21H20FN3O2/c22-18-8-6-16(7-9-18)21(26)23-12-19-20-17(10-11-27-19)14-25(24-20)13-15-4-2-1-3-5-15/h1-9,14,19H,10-13H2,(H,23,26)/t19-/m1/s1. The Balaban J connectivity index is 1.43. The molecule has 3 aromatic rings. The lowest BCUT2D eigenvalue weighted by molar-refractivity contribution is 0.0383. The molecule has 0 saturated carbocycles. The molecule has 1 aliphatic heterocycles. The van der Waals surface area contributed by atoms with Crippen LogP contribution in [-0.4, -0.2) is 28.8 Å². The van der Waals surface area contributed by atoms with Crippen LogP contribution in [-0.2, 0) is 17.7 Å². The summed E-state index contributed by atoms with van der Waals surface area (Å²) in [6, 6.07) is 15.6. The summed E-state index contributed by atoms with van der Waals surface area (Å²) in [5.74, 6) is -0.620. The minimum atomic E-state index is -0.365. The summed E-state index contributed by atoms with van der Waals surface area (Å²) in [5.41, 5.74) is 3.62. The van der Waals surface area contributed by atoms with Gasteiger partial charge in [0.2, 0.25) is 0 Å². The number of aromatic nitrogens is 2. The van der Waals surface area contributed by atoms with Crippen LogP contribution in [0.5, 0.6) is 0 Å². The zero-order valence-corrected chi connectivity index (χ0v) is 14.8. The number of hydrogen-bond donors (Lipinski definition) is 1. The number of ether oxygens (including phenoxy) is 1. The zero-order valence-electron chi connectivity index (χ0n) is 14.8. The van der Waals surface area contributed by atoms with E-state index in [0.717, 1.165) is 17.7 Å². The second-order valence-corrected chi connectivity index (χ2v) is 6.55. The van der Waals surface area contributed by atoms with Crippen molar-refractivity contribution in [3.8, 4) is 0 Å². The van der Waals surface area contributed by atoms with E-state index in [-0.39, 0.29) is 17.8 Å². The molecule has 2 aromatic carbocycles. The smallest absolute Gasteiger partial charge is 0.251 e. The number of rotatable bonds is 5. The predicted octanol–water partition coefficient (Wildman–Crippen LogP) is 3.11. The molecule has 0 fully saturated rings. The zero-order chi connectivity index (χ0) is 18.6. The Morgan fingerprint density at radius 3 is 2.74 bits per heavy atom. The quantitative estimate of drug-likeness (QED) is 0.756. The van der Waals surface area contributed by atoms with E-state index in [1.807, 2.05) is 22.9 Å². The van der Waals surface area contributed by atoms with Crippen molar-refractivity contribution in [3.05, 3.63) is 89.0 Å². The molecule has 1 N–H and O–H groups in total. The summed E-state index contributed by atoms with van der Waals surface area (Å²) in [6.45, 7) is 1.62. The molecule has 4 rings (SSSR count). The number of carbonyl (C=O) groups excluding carboxylic acids is 1. The van der Waals surface area contributed by atoms with E-state index in [1.165, 1.54) is 29.8 Å². The number of benzene rings is 2. The summed E-state index contributed by atoms with van der Waals surface area (Å²) < 4.78 is 20.7. The fraction of sp³-hybridized carbons (Fsp3) is 0.238. The maximum atomic E-state index is 13.0. The van der Waals surface area contributed by atoms with Crippen molar-refractivity contribution in [1.29, 1.82) is 0 Å². The van der Waals surface area contributed by atoms with Gasteiger partial charge in [0.15, 0.2) is 0 Å². The van der Waals surface area contributed by atoms with Crippen LogP contribution in [0.4, 0.5) is 4.39 Å². The molecule has 2 heterocycles. The normalized spacial score (nSPS) is 16.0. The molecule has 6 heteroatoms. The minimum Gasteiger partial charge on any atom is -0.370 e. The molecule has 138 valence electrons. The second kappa shape index (κ2) is 7.72. The molecule has 0 spiro atoms. The van der Waals surface area contributed by atoms with Gasteiger partial charge in [0.1, 0.15) is 11.9 Å². The van der Waals surface area contributed by atoms with Crippen LogP contribution < -0.4 is 5.32 Å². The van der Waals surface area contributed by atoms with Crippen molar-refractivity contribution < 1.29 is 13.9 Å². The first-order valence-corrected chi connectivity index (χ1v) is 8.94. The van der Waals surface area contributed by atoms with Crippen molar-refractivity contribution in [2.24, 2.45) is 0 Å². The van der Waals surface area contributed by atoms with Crippen LogP contribution in [0.25, 0.3) is 0 Å². The number of hydrogen-bond acceptors (Lipinski definition) is 3. The summed E-state index contributed by atoms with van der Waals surface area (Å²) in [6.07, 6.45) is 2.58. The molecule has 27 heavy (non-hydrogen) atoms. The third-order valence-corrected chi connectivity index (χ3v) is 4.61. The van der Waals surface area contributed by atoms with Gasteiger partial charge >= 0.3 is 0 Å². The van der Waals surface area contributed by atoms with Crippen LogP contribution in [0.2, 0.25) is 0 Å². The molecule has 1 amide bonds. The third-order valence-electron chi connectivity index (χ3n) is 4.61. The first kappa shape index (κ1) is 17.4. The molecule has 0 unspecified atom stereocenters. The van der Waals surface area contributed by atoms with E-state index in [0.29, 0.717) is 25.3 Å².